The Morgan fingerprint density at radius 3 is 2.55 bits per heavy atom. The molecule has 0 saturated heterocycles. The molecular formula is C12H8N4O4. The summed E-state index contributed by atoms with van der Waals surface area (Å²) < 4.78 is 10.0. The van der Waals surface area contributed by atoms with Crippen LogP contribution < -0.4 is 5.73 Å². The van der Waals surface area contributed by atoms with E-state index in [1.807, 2.05) is 0 Å². The molecule has 8 heteroatoms. The van der Waals surface area contributed by atoms with Crippen molar-refractivity contribution in [2.75, 3.05) is 5.73 Å². The van der Waals surface area contributed by atoms with Crippen molar-refractivity contribution in [1.82, 2.24) is 10.1 Å². The van der Waals surface area contributed by atoms with Crippen LogP contribution in [0.25, 0.3) is 23.0 Å². The van der Waals surface area contributed by atoms with E-state index in [1.165, 1.54) is 12.1 Å². The zero-order valence-electron chi connectivity index (χ0n) is 10.0. The van der Waals surface area contributed by atoms with Crippen LogP contribution in [0, 0.1) is 10.1 Å². The van der Waals surface area contributed by atoms with Crippen molar-refractivity contribution in [2.45, 2.75) is 0 Å². The third kappa shape index (κ3) is 2.09. The number of nitrogens with zero attached hydrogens (tertiary/aromatic N) is 3. The van der Waals surface area contributed by atoms with E-state index in [-0.39, 0.29) is 17.5 Å². The number of rotatable bonds is 3. The highest BCUT2D eigenvalue weighted by atomic mass is 16.6. The molecule has 2 heterocycles. The first-order valence-corrected chi connectivity index (χ1v) is 5.58. The van der Waals surface area contributed by atoms with Gasteiger partial charge in [-0.2, -0.15) is 4.98 Å². The van der Waals surface area contributed by atoms with E-state index in [0.29, 0.717) is 11.5 Å². The number of benzene rings is 1. The molecule has 0 spiro atoms. The van der Waals surface area contributed by atoms with E-state index in [1.54, 1.807) is 24.3 Å². The summed E-state index contributed by atoms with van der Waals surface area (Å²) in [5, 5.41) is 14.3. The van der Waals surface area contributed by atoms with E-state index in [4.69, 9.17) is 14.7 Å². The second-order valence-corrected chi connectivity index (χ2v) is 3.94. The van der Waals surface area contributed by atoms with Crippen molar-refractivity contribution in [3.8, 4) is 23.0 Å². The van der Waals surface area contributed by atoms with Gasteiger partial charge in [0, 0.05) is 11.3 Å². The maximum absolute atomic E-state index is 10.5. The zero-order chi connectivity index (χ0) is 14.1. The quantitative estimate of drug-likeness (QED) is 0.441. The Morgan fingerprint density at radius 2 is 1.90 bits per heavy atom. The fourth-order valence-corrected chi connectivity index (χ4v) is 1.61. The van der Waals surface area contributed by atoms with Gasteiger partial charge in [-0.3, -0.25) is 10.1 Å². The van der Waals surface area contributed by atoms with Crippen molar-refractivity contribution in [2.24, 2.45) is 0 Å². The standard InChI is InChI=1S/C12H8N4O4/c13-8-3-1-7(2-4-8)11-14-12(20-15-11)9-5-6-10(19-9)16(17)18/h1-6H,13H2. The number of aromatic nitrogens is 2. The van der Waals surface area contributed by atoms with Gasteiger partial charge < -0.3 is 14.7 Å². The molecule has 0 aliphatic heterocycles. The first kappa shape index (κ1) is 11.9. The summed E-state index contributed by atoms with van der Waals surface area (Å²) in [4.78, 5) is 14.0. The monoisotopic (exact) mass is 272 g/mol. The molecule has 0 atom stereocenters. The van der Waals surface area contributed by atoms with Crippen LogP contribution in [-0.4, -0.2) is 15.1 Å². The Balaban J connectivity index is 1.93. The Hall–Kier alpha value is -3.16. The van der Waals surface area contributed by atoms with Gasteiger partial charge in [-0.15, -0.1) is 0 Å². The number of hydrogen-bond acceptors (Lipinski definition) is 7. The summed E-state index contributed by atoms with van der Waals surface area (Å²) in [5.41, 5.74) is 6.93. The van der Waals surface area contributed by atoms with Crippen LogP contribution in [0.3, 0.4) is 0 Å². The van der Waals surface area contributed by atoms with E-state index < -0.39 is 4.92 Å². The van der Waals surface area contributed by atoms with Crippen LogP contribution in [0.2, 0.25) is 0 Å². The SMILES string of the molecule is Nc1ccc(-c2noc(-c3ccc([N+](=O)[O-])o3)n2)cc1. The molecule has 0 aliphatic carbocycles. The van der Waals surface area contributed by atoms with Gasteiger partial charge in [0.05, 0.1) is 6.07 Å². The lowest BCUT2D eigenvalue weighted by Gasteiger charge is -1.94. The second-order valence-electron chi connectivity index (χ2n) is 3.94. The summed E-state index contributed by atoms with van der Waals surface area (Å²) in [6.07, 6.45) is 0. The van der Waals surface area contributed by atoms with Crippen molar-refractivity contribution in [3.63, 3.8) is 0 Å². The minimum atomic E-state index is -0.638. The van der Waals surface area contributed by atoms with E-state index in [0.717, 1.165) is 5.56 Å². The maximum Gasteiger partial charge on any atom is 0.433 e. The van der Waals surface area contributed by atoms with Crippen LogP contribution in [0.15, 0.2) is 45.3 Å². The molecule has 3 aromatic rings. The highest BCUT2D eigenvalue weighted by molar-refractivity contribution is 5.60. The summed E-state index contributed by atoms with van der Waals surface area (Å²) in [5.74, 6) is 0.183. The van der Waals surface area contributed by atoms with Crippen molar-refractivity contribution < 1.29 is 13.9 Å². The molecule has 0 aliphatic rings. The fraction of sp³-hybridized carbons (Fsp3) is 0. The number of furan rings is 1. The normalized spacial score (nSPS) is 10.6. The summed E-state index contributed by atoms with van der Waals surface area (Å²) in [7, 11) is 0. The van der Waals surface area contributed by atoms with Gasteiger partial charge in [0.15, 0.2) is 5.76 Å². The molecule has 0 saturated carbocycles. The average Bonchev–Trinajstić information content (AvgIpc) is 3.08. The number of anilines is 1. The fourth-order valence-electron chi connectivity index (χ4n) is 1.61. The predicted molar refractivity (Wildman–Crippen MR) is 68.5 cm³/mol. The van der Waals surface area contributed by atoms with Crippen LogP contribution in [0.1, 0.15) is 0 Å². The van der Waals surface area contributed by atoms with Gasteiger partial charge in [-0.05, 0) is 30.3 Å². The largest absolute Gasteiger partial charge is 0.433 e. The molecule has 1 aromatic carbocycles. The highest BCUT2D eigenvalue weighted by Crippen LogP contribution is 2.26. The summed E-state index contributed by atoms with van der Waals surface area (Å²) in [6, 6.07) is 9.54. The second kappa shape index (κ2) is 4.50. The summed E-state index contributed by atoms with van der Waals surface area (Å²) >= 11 is 0. The molecule has 100 valence electrons. The van der Waals surface area contributed by atoms with Crippen molar-refractivity contribution in [3.05, 3.63) is 46.5 Å². The molecule has 2 N–H and O–H groups in total. The molecule has 2 aromatic heterocycles. The van der Waals surface area contributed by atoms with E-state index in [9.17, 15) is 10.1 Å². The lowest BCUT2D eigenvalue weighted by atomic mass is 10.2. The van der Waals surface area contributed by atoms with Gasteiger partial charge in [0.1, 0.15) is 4.92 Å². The number of nitrogens with two attached hydrogens (primary N) is 1. The Bertz CT molecular complexity index is 760. The summed E-state index contributed by atoms with van der Waals surface area (Å²) in [6.45, 7) is 0. The lowest BCUT2D eigenvalue weighted by molar-refractivity contribution is -0.401. The molecular weight excluding hydrogens is 264 g/mol. The Labute approximate surface area is 112 Å². The van der Waals surface area contributed by atoms with Gasteiger partial charge in [0.2, 0.25) is 5.82 Å². The molecule has 0 amide bonds. The smallest absolute Gasteiger partial charge is 0.399 e. The number of hydrogen-bond donors (Lipinski definition) is 1. The Morgan fingerprint density at radius 1 is 1.15 bits per heavy atom. The first-order valence-electron chi connectivity index (χ1n) is 5.58. The Kier molecular flexibility index (Phi) is 2.68. The van der Waals surface area contributed by atoms with Crippen LogP contribution in [-0.2, 0) is 0 Å². The van der Waals surface area contributed by atoms with E-state index >= 15 is 0 Å². The third-order valence-corrected chi connectivity index (χ3v) is 2.58. The molecule has 0 fully saturated rings. The van der Waals surface area contributed by atoms with Crippen LogP contribution in [0.4, 0.5) is 11.6 Å². The van der Waals surface area contributed by atoms with Crippen molar-refractivity contribution >= 4 is 11.6 Å². The molecule has 8 nitrogen and oxygen atoms in total. The first-order chi connectivity index (χ1) is 9.63. The molecule has 0 radical (unpaired) electrons. The molecule has 0 unspecified atom stereocenters. The number of nitrogen functional groups attached to an aromatic ring is 1. The van der Waals surface area contributed by atoms with Crippen molar-refractivity contribution in [1.29, 1.82) is 0 Å². The van der Waals surface area contributed by atoms with Gasteiger partial charge >= 0.3 is 5.88 Å². The zero-order valence-corrected chi connectivity index (χ0v) is 10.0. The maximum atomic E-state index is 10.5. The van der Waals surface area contributed by atoms with Gasteiger partial charge in [-0.25, -0.2) is 0 Å². The topological polar surface area (TPSA) is 121 Å². The lowest BCUT2D eigenvalue weighted by Crippen LogP contribution is -1.85. The van der Waals surface area contributed by atoms with E-state index in [2.05, 4.69) is 10.1 Å². The molecule has 3 rings (SSSR count). The molecule has 20 heavy (non-hydrogen) atoms. The molecule has 0 bridgehead atoms. The average molecular weight is 272 g/mol. The highest BCUT2D eigenvalue weighted by Gasteiger charge is 2.18. The van der Waals surface area contributed by atoms with Gasteiger partial charge in [0.25, 0.3) is 5.89 Å². The third-order valence-electron chi connectivity index (χ3n) is 2.58. The van der Waals surface area contributed by atoms with Crippen LogP contribution >= 0.6 is 0 Å². The predicted octanol–water partition coefficient (Wildman–Crippen LogP) is 2.49. The minimum Gasteiger partial charge on any atom is -0.399 e. The minimum absolute atomic E-state index is 0.0740. The number of nitro groups is 1. The van der Waals surface area contributed by atoms with Gasteiger partial charge in [-0.1, -0.05) is 5.16 Å². The van der Waals surface area contributed by atoms with Crippen LogP contribution in [0.5, 0.6) is 0 Å².